The minimum atomic E-state index is 0.316. The molecule has 0 saturated heterocycles. The molecule has 0 aliphatic carbocycles. The maximum absolute atomic E-state index is 6.27. The standard InChI is InChI=1S/C23H19BrN6O/c1-31-19-9-5-8-16-20(19)28-23(29-21(16)26-13-14-6-3-2-4-7-14)30-18-11-10-15(24)12-17(18)27-22(30)25/h2-12H,13H2,1H3,(H2,25,27)(H,26,28,29). The van der Waals surface area contributed by atoms with Gasteiger partial charge in [-0.15, -0.1) is 0 Å². The van der Waals surface area contributed by atoms with E-state index in [-0.39, 0.29) is 0 Å². The summed E-state index contributed by atoms with van der Waals surface area (Å²) in [6, 6.07) is 21.7. The third-order valence-corrected chi connectivity index (χ3v) is 5.54. The summed E-state index contributed by atoms with van der Waals surface area (Å²) in [7, 11) is 1.63. The van der Waals surface area contributed by atoms with Gasteiger partial charge in [0.15, 0.2) is 0 Å². The zero-order valence-corrected chi connectivity index (χ0v) is 18.3. The van der Waals surface area contributed by atoms with Crippen LogP contribution in [0.3, 0.4) is 0 Å². The molecule has 0 bridgehead atoms. The Kier molecular flexibility index (Phi) is 4.91. The van der Waals surface area contributed by atoms with Gasteiger partial charge in [-0.1, -0.05) is 52.3 Å². The van der Waals surface area contributed by atoms with Crippen LogP contribution in [0, 0.1) is 0 Å². The molecule has 0 aliphatic heterocycles. The first kappa shape index (κ1) is 19.3. The van der Waals surface area contributed by atoms with Crippen molar-refractivity contribution < 1.29 is 4.74 Å². The summed E-state index contributed by atoms with van der Waals surface area (Å²) < 4.78 is 8.25. The van der Waals surface area contributed by atoms with Gasteiger partial charge in [-0.05, 0) is 35.9 Å². The van der Waals surface area contributed by atoms with Crippen LogP contribution < -0.4 is 15.8 Å². The number of methoxy groups -OCH3 is 1. The Labute approximate surface area is 187 Å². The molecule has 3 aromatic carbocycles. The average Bonchev–Trinajstić information content (AvgIpc) is 3.12. The van der Waals surface area contributed by atoms with E-state index in [2.05, 4.69) is 38.4 Å². The van der Waals surface area contributed by atoms with Crippen molar-refractivity contribution in [3.63, 3.8) is 0 Å². The van der Waals surface area contributed by atoms with Crippen molar-refractivity contribution in [3.8, 4) is 11.7 Å². The highest BCUT2D eigenvalue weighted by Gasteiger charge is 2.17. The Hall–Kier alpha value is -3.65. The van der Waals surface area contributed by atoms with Gasteiger partial charge in [0.05, 0.1) is 18.1 Å². The summed E-state index contributed by atoms with van der Waals surface area (Å²) in [5, 5.41) is 4.31. The van der Waals surface area contributed by atoms with Crippen LogP contribution >= 0.6 is 15.9 Å². The first-order valence-electron chi connectivity index (χ1n) is 9.70. The molecule has 31 heavy (non-hydrogen) atoms. The third-order valence-electron chi connectivity index (χ3n) is 5.04. The van der Waals surface area contributed by atoms with Crippen LogP contribution in [0.5, 0.6) is 5.75 Å². The van der Waals surface area contributed by atoms with Crippen LogP contribution in [0.25, 0.3) is 27.9 Å². The number of rotatable bonds is 5. The molecule has 7 nitrogen and oxygen atoms in total. The zero-order valence-electron chi connectivity index (χ0n) is 16.7. The fourth-order valence-electron chi connectivity index (χ4n) is 3.58. The Morgan fingerprint density at radius 2 is 1.84 bits per heavy atom. The lowest BCUT2D eigenvalue weighted by atomic mass is 10.2. The van der Waals surface area contributed by atoms with E-state index in [0.29, 0.717) is 35.5 Å². The van der Waals surface area contributed by atoms with Crippen molar-refractivity contribution >= 4 is 49.6 Å². The van der Waals surface area contributed by atoms with Crippen molar-refractivity contribution in [2.75, 3.05) is 18.2 Å². The molecule has 0 radical (unpaired) electrons. The molecule has 0 unspecified atom stereocenters. The number of nitrogens with zero attached hydrogens (tertiary/aromatic N) is 4. The summed E-state index contributed by atoms with van der Waals surface area (Å²) in [6.07, 6.45) is 0. The predicted molar refractivity (Wildman–Crippen MR) is 127 cm³/mol. The molecule has 0 fully saturated rings. The van der Waals surface area contributed by atoms with Crippen LogP contribution in [0.4, 0.5) is 11.8 Å². The van der Waals surface area contributed by atoms with Gasteiger partial charge in [0, 0.05) is 16.4 Å². The second kappa shape index (κ2) is 7.88. The van der Waals surface area contributed by atoms with E-state index >= 15 is 0 Å². The highest BCUT2D eigenvalue weighted by atomic mass is 79.9. The fourth-order valence-corrected chi connectivity index (χ4v) is 3.93. The third kappa shape index (κ3) is 3.55. The molecule has 8 heteroatoms. The van der Waals surface area contributed by atoms with E-state index in [1.807, 2.05) is 54.6 Å². The van der Waals surface area contributed by atoms with Gasteiger partial charge in [-0.3, -0.25) is 0 Å². The number of imidazole rings is 1. The van der Waals surface area contributed by atoms with Crippen molar-refractivity contribution in [2.24, 2.45) is 0 Å². The Bertz CT molecular complexity index is 1400. The second-order valence-corrected chi connectivity index (χ2v) is 7.92. The lowest BCUT2D eigenvalue weighted by molar-refractivity contribution is 0.419. The number of halogens is 1. The smallest absolute Gasteiger partial charge is 0.239 e. The number of hydrogen-bond donors (Lipinski definition) is 2. The minimum absolute atomic E-state index is 0.316. The summed E-state index contributed by atoms with van der Waals surface area (Å²) in [5.41, 5.74) is 9.70. The first-order chi connectivity index (χ1) is 15.1. The monoisotopic (exact) mass is 474 g/mol. The highest BCUT2D eigenvalue weighted by molar-refractivity contribution is 9.10. The van der Waals surface area contributed by atoms with E-state index in [1.165, 1.54) is 0 Å². The number of fused-ring (bicyclic) bond motifs is 2. The Morgan fingerprint density at radius 1 is 1.00 bits per heavy atom. The van der Waals surface area contributed by atoms with Crippen LogP contribution in [0.2, 0.25) is 0 Å². The summed E-state index contributed by atoms with van der Waals surface area (Å²) >= 11 is 3.48. The van der Waals surface area contributed by atoms with Crippen molar-refractivity contribution in [3.05, 3.63) is 76.8 Å². The van der Waals surface area contributed by atoms with Crippen LogP contribution in [0.15, 0.2) is 71.2 Å². The van der Waals surface area contributed by atoms with Crippen molar-refractivity contribution in [2.45, 2.75) is 6.54 Å². The molecule has 0 aliphatic rings. The SMILES string of the molecule is COc1cccc2c(NCc3ccccc3)nc(-n3c(N)nc4cc(Br)ccc43)nc12. The fraction of sp³-hybridized carbons (Fsp3) is 0.0870. The molecule has 0 amide bonds. The molecule has 5 rings (SSSR count). The molecular weight excluding hydrogens is 456 g/mol. The predicted octanol–water partition coefficient (Wildman–Crippen LogP) is 4.93. The zero-order chi connectivity index (χ0) is 21.4. The van der Waals surface area contributed by atoms with Gasteiger partial charge < -0.3 is 15.8 Å². The molecular formula is C23H19BrN6O. The summed E-state index contributed by atoms with van der Waals surface area (Å²) in [5.74, 6) is 2.10. The molecule has 5 aromatic rings. The summed E-state index contributed by atoms with van der Waals surface area (Å²) in [6.45, 7) is 0.622. The van der Waals surface area contributed by atoms with E-state index in [4.69, 9.17) is 20.4 Å². The largest absolute Gasteiger partial charge is 0.494 e. The molecule has 154 valence electrons. The lowest BCUT2D eigenvalue weighted by Gasteiger charge is -2.14. The van der Waals surface area contributed by atoms with Gasteiger partial charge in [-0.25, -0.2) is 14.5 Å². The molecule has 0 atom stereocenters. The molecule has 0 spiro atoms. The van der Waals surface area contributed by atoms with Crippen LogP contribution in [0.1, 0.15) is 5.56 Å². The van der Waals surface area contributed by atoms with Crippen molar-refractivity contribution in [1.29, 1.82) is 0 Å². The number of benzene rings is 3. The van der Waals surface area contributed by atoms with Gasteiger partial charge in [0.2, 0.25) is 11.9 Å². The van der Waals surface area contributed by atoms with Crippen LogP contribution in [-0.2, 0) is 6.54 Å². The number of nitrogens with one attached hydrogen (secondary N) is 1. The van der Waals surface area contributed by atoms with Crippen LogP contribution in [-0.4, -0.2) is 26.6 Å². The maximum atomic E-state index is 6.27. The number of nitrogens with two attached hydrogens (primary N) is 1. The van der Waals surface area contributed by atoms with E-state index in [0.717, 1.165) is 26.5 Å². The minimum Gasteiger partial charge on any atom is -0.494 e. The average molecular weight is 475 g/mol. The number of nitrogen functional groups attached to an aromatic ring is 1. The number of para-hydroxylation sites is 1. The van der Waals surface area contributed by atoms with Crippen molar-refractivity contribution in [1.82, 2.24) is 19.5 Å². The number of aromatic nitrogens is 4. The Balaban J connectivity index is 1.70. The molecule has 2 aromatic heterocycles. The normalized spacial score (nSPS) is 11.2. The highest BCUT2D eigenvalue weighted by Crippen LogP contribution is 2.31. The maximum Gasteiger partial charge on any atom is 0.239 e. The molecule has 3 N–H and O–H groups in total. The lowest BCUT2D eigenvalue weighted by Crippen LogP contribution is -2.10. The molecule has 0 saturated carbocycles. The number of ether oxygens (including phenoxy) is 1. The van der Waals surface area contributed by atoms with Gasteiger partial charge in [0.1, 0.15) is 17.1 Å². The molecule has 2 heterocycles. The number of hydrogen-bond acceptors (Lipinski definition) is 6. The van der Waals surface area contributed by atoms with Gasteiger partial charge in [0.25, 0.3) is 0 Å². The topological polar surface area (TPSA) is 90.9 Å². The van der Waals surface area contributed by atoms with E-state index in [1.54, 1.807) is 11.7 Å². The van der Waals surface area contributed by atoms with Gasteiger partial charge in [-0.2, -0.15) is 4.98 Å². The quantitative estimate of drug-likeness (QED) is 0.375. The second-order valence-electron chi connectivity index (χ2n) is 7.01. The Morgan fingerprint density at radius 3 is 2.65 bits per heavy atom. The number of anilines is 2. The van der Waals surface area contributed by atoms with E-state index in [9.17, 15) is 0 Å². The van der Waals surface area contributed by atoms with E-state index < -0.39 is 0 Å². The van der Waals surface area contributed by atoms with Gasteiger partial charge >= 0.3 is 0 Å². The first-order valence-corrected chi connectivity index (χ1v) is 10.5. The summed E-state index contributed by atoms with van der Waals surface area (Å²) in [4.78, 5) is 14.1.